The summed E-state index contributed by atoms with van der Waals surface area (Å²) in [6.07, 6.45) is 3.04. The summed E-state index contributed by atoms with van der Waals surface area (Å²) in [5.41, 5.74) is 3.47. The lowest BCUT2D eigenvalue weighted by atomic mass is 9.97. The van der Waals surface area contributed by atoms with Crippen molar-refractivity contribution >= 4 is 45.2 Å². The van der Waals surface area contributed by atoms with Gasteiger partial charge in [-0.15, -0.1) is 11.3 Å². The molecule has 0 radical (unpaired) electrons. The molecule has 0 atom stereocenters. The van der Waals surface area contributed by atoms with Crippen LogP contribution >= 0.6 is 11.3 Å². The first-order valence-corrected chi connectivity index (χ1v) is 12.7. The van der Waals surface area contributed by atoms with Gasteiger partial charge in [0.2, 0.25) is 0 Å². The molecule has 1 fully saturated rings. The summed E-state index contributed by atoms with van der Waals surface area (Å²) >= 11 is 1.41. The Bertz CT molecular complexity index is 1690. The first-order chi connectivity index (χ1) is 17.9. The number of hydrogen-bond acceptors (Lipinski definition) is 8. The van der Waals surface area contributed by atoms with Crippen molar-refractivity contribution in [2.24, 2.45) is 7.05 Å². The molecular weight excluding hydrogens is 494 g/mol. The van der Waals surface area contributed by atoms with E-state index in [9.17, 15) is 14.4 Å². The number of para-hydroxylation sites is 1. The van der Waals surface area contributed by atoms with Gasteiger partial charge in [-0.25, -0.2) is 14.6 Å². The van der Waals surface area contributed by atoms with Crippen LogP contribution in [0, 0.1) is 6.92 Å². The number of fused-ring (bicyclic) bond motifs is 2. The topological polar surface area (TPSA) is 128 Å². The molecule has 12 heteroatoms. The second-order valence-corrected chi connectivity index (χ2v) is 9.96. The highest BCUT2D eigenvalue weighted by atomic mass is 32.1. The summed E-state index contributed by atoms with van der Waals surface area (Å²) in [7, 11) is 1.70. The van der Waals surface area contributed by atoms with E-state index < -0.39 is 11.5 Å². The molecular formula is C25H23N7O4S. The second kappa shape index (κ2) is 8.96. The molecule has 1 aromatic carbocycles. The molecule has 37 heavy (non-hydrogen) atoms. The van der Waals surface area contributed by atoms with Crippen LogP contribution in [0.5, 0.6) is 0 Å². The molecule has 0 unspecified atom stereocenters. The van der Waals surface area contributed by atoms with Gasteiger partial charge in [0, 0.05) is 43.0 Å². The lowest BCUT2D eigenvalue weighted by Gasteiger charge is -2.30. The number of likely N-dealkylation sites (tertiary alicyclic amines) is 1. The standard InChI is InChI=1S/C25H23N7O4S/c1-14-26-21-17(12-30(2)28-21)24(34)32(14)29-22(33)18-13-37-23(27-18)15-7-9-31(10-8-15)25(35)20-11-16-5-3-4-6-19(16)36-20/h3-6,11-13,15H,7-10H2,1-2H3,(H,29,33). The van der Waals surface area contributed by atoms with E-state index in [1.807, 2.05) is 24.3 Å². The zero-order valence-corrected chi connectivity index (χ0v) is 21.0. The van der Waals surface area contributed by atoms with Crippen molar-refractivity contribution in [1.82, 2.24) is 29.3 Å². The van der Waals surface area contributed by atoms with Crippen molar-refractivity contribution in [3.05, 3.63) is 74.5 Å². The highest BCUT2D eigenvalue weighted by Gasteiger charge is 2.28. The number of rotatable bonds is 4. The monoisotopic (exact) mass is 517 g/mol. The zero-order valence-electron chi connectivity index (χ0n) is 20.2. The van der Waals surface area contributed by atoms with Crippen LogP contribution in [-0.4, -0.2) is 54.2 Å². The number of carbonyl (C=O) groups is 2. The minimum Gasteiger partial charge on any atom is -0.451 e. The first kappa shape index (κ1) is 23.1. The Labute approximate surface area is 214 Å². The van der Waals surface area contributed by atoms with E-state index in [1.54, 1.807) is 36.5 Å². The number of benzene rings is 1. The lowest BCUT2D eigenvalue weighted by molar-refractivity contribution is 0.0683. The van der Waals surface area contributed by atoms with Crippen LogP contribution in [0.3, 0.4) is 0 Å². The van der Waals surface area contributed by atoms with Crippen molar-refractivity contribution in [3.8, 4) is 0 Å². The van der Waals surface area contributed by atoms with Gasteiger partial charge in [0.15, 0.2) is 11.4 Å². The molecule has 11 nitrogen and oxygen atoms in total. The number of nitrogens with zero attached hydrogens (tertiary/aromatic N) is 6. The largest absolute Gasteiger partial charge is 0.451 e. The molecule has 2 amide bonds. The fourth-order valence-electron chi connectivity index (χ4n) is 4.62. The van der Waals surface area contributed by atoms with Crippen LogP contribution in [0.25, 0.3) is 22.0 Å². The van der Waals surface area contributed by atoms with Crippen LogP contribution in [0.15, 0.2) is 51.1 Å². The second-order valence-electron chi connectivity index (χ2n) is 9.07. The summed E-state index contributed by atoms with van der Waals surface area (Å²) in [5, 5.41) is 7.90. The van der Waals surface area contributed by atoms with Gasteiger partial charge < -0.3 is 9.32 Å². The first-order valence-electron chi connectivity index (χ1n) is 11.8. The van der Waals surface area contributed by atoms with Crippen molar-refractivity contribution in [1.29, 1.82) is 0 Å². The lowest BCUT2D eigenvalue weighted by Crippen LogP contribution is -2.37. The number of piperidine rings is 1. The maximum absolute atomic E-state index is 12.9. The normalized spacial score (nSPS) is 14.5. The van der Waals surface area contributed by atoms with Crippen molar-refractivity contribution in [3.63, 3.8) is 0 Å². The maximum atomic E-state index is 12.9. The Morgan fingerprint density at radius 1 is 1.16 bits per heavy atom. The fraction of sp³-hybridized carbons (Fsp3) is 0.280. The molecule has 5 aromatic rings. The summed E-state index contributed by atoms with van der Waals surface area (Å²) in [6.45, 7) is 2.78. The highest BCUT2D eigenvalue weighted by molar-refractivity contribution is 7.09. The smallest absolute Gasteiger partial charge is 0.289 e. The van der Waals surface area contributed by atoms with Gasteiger partial charge in [0.1, 0.15) is 22.5 Å². The summed E-state index contributed by atoms with van der Waals surface area (Å²) < 4.78 is 8.36. The number of nitrogens with one attached hydrogen (secondary N) is 1. The predicted octanol–water partition coefficient (Wildman–Crippen LogP) is 3.04. The predicted molar refractivity (Wildman–Crippen MR) is 137 cm³/mol. The summed E-state index contributed by atoms with van der Waals surface area (Å²) in [5.74, 6) is 0.201. The van der Waals surface area contributed by atoms with Crippen LogP contribution in [0.2, 0.25) is 0 Å². The molecule has 0 saturated carbocycles. The maximum Gasteiger partial charge on any atom is 0.289 e. The summed E-state index contributed by atoms with van der Waals surface area (Å²) in [4.78, 5) is 49.3. The van der Waals surface area contributed by atoms with Gasteiger partial charge >= 0.3 is 0 Å². The van der Waals surface area contributed by atoms with Crippen LogP contribution < -0.4 is 11.0 Å². The van der Waals surface area contributed by atoms with E-state index >= 15 is 0 Å². The molecule has 188 valence electrons. The Morgan fingerprint density at radius 2 is 1.95 bits per heavy atom. The Morgan fingerprint density at radius 3 is 2.73 bits per heavy atom. The number of hydrogen-bond donors (Lipinski definition) is 1. The van der Waals surface area contributed by atoms with Crippen LogP contribution in [0.4, 0.5) is 0 Å². The van der Waals surface area contributed by atoms with Crippen molar-refractivity contribution in [2.45, 2.75) is 25.7 Å². The van der Waals surface area contributed by atoms with E-state index in [0.717, 1.165) is 27.9 Å². The minimum atomic E-state index is -0.491. The molecule has 1 N–H and O–H groups in total. The molecule has 1 aliphatic rings. The van der Waals surface area contributed by atoms with E-state index in [2.05, 4.69) is 20.5 Å². The summed E-state index contributed by atoms with van der Waals surface area (Å²) in [6, 6.07) is 9.34. The molecule has 4 aromatic heterocycles. The third-order valence-corrected chi connectivity index (χ3v) is 7.58. The minimum absolute atomic E-state index is 0.117. The number of furan rings is 1. The average Bonchev–Trinajstić information content (AvgIpc) is 3.64. The van der Waals surface area contributed by atoms with Gasteiger partial charge in [-0.2, -0.15) is 5.10 Å². The van der Waals surface area contributed by atoms with Gasteiger partial charge in [-0.05, 0) is 31.9 Å². The molecule has 1 aliphatic heterocycles. The number of aromatic nitrogens is 5. The molecule has 1 saturated heterocycles. The highest BCUT2D eigenvalue weighted by Crippen LogP contribution is 2.31. The quantitative estimate of drug-likeness (QED) is 0.388. The Balaban J connectivity index is 1.12. The Hall–Kier alpha value is -4.32. The number of carbonyl (C=O) groups excluding carboxylic acids is 2. The van der Waals surface area contributed by atoms with E-state index in [1.165, 1.54) is 16.0 Å². The molecule has 6 rings (SSSR count). The number of amides is 2. The molecule has 0 bridgehead atoms. The Kier molecular flexibility index (Phi) is 5.60. The molecule has 5 heterocycles. The number of aryl methyl sites for hydroxylation is 2. The van der Waals surface area contributed by atoms with E-state index in [0.29, 0.717) is 41.3 Å². The fourth-order valence-corrected chi connectivity index (χ4v) is 5.59. The van der Waals surface area contributed by atoms with Gasteiger partial charge in [0.25, 0.3) is 17.4 Å². The third kappa shape index (κ3) is 4.18. The third-order valence-electron chi connectivity index (χ3n) is 6.57. The number of thiazole rings is 1. The molecule has 0 aliphatic carbocycles. The average molecular weight is 518 g/mol. The van der Waals surface area contributed by atoms with E-state index in [-0.39, 0.29) is 17.5 Å². The SMILES string of the molecule is Cc1nc2nn(C)cc2c(=O)n1NC(=O)c1csc(C2CCN(C(=O)c3cc4ccccc4o3)CC2)n1. The molecule has 0 spiro atoms. The van der Waals surface area contributed by atoms with Gasteiger partial charge in [-0.3, -0.25) is 24.5 Å². The van der Waals surface area contributed by atoms with Crippen LogP contribution in [-0.2, 0) is 7.05 Å². The van der Waals surface area contributed by atoms with E-state index in [4.69, 9.17) is 4.42 Å². The zero-order chi connectivity index (χ0) is 25.7. The van der Waals surface area contributed by atoms with Gasteiger partial charge in [0.05, 0.1) is 5.01 Å². The van der Waals surface area contributed by atoms with Crippen LogP contribution in [0.1, 0.15) is 50.6 Å². The van der Waals surface area contributed by atoms with Crippen molar-refractivity contribution in [2.75, 3.05) is 18.5 Å². The van der Waals surface area contributed by atoms with Gasteiger partial charge in [-0.1, -0.05) is 18.2 Å². The van der Waals surface area contributed by atoms with Crippen molar-refractivity contribution < 1.29 is 14.0 Å².